The number of hydrogen-bond donors (Lipinski definition) is 4. The van der Waals surface area contributed by atoms with Gasteiger partial charge in [0, 0.05) is 12.4 Å². The van der Waals surface area contributed by atoms with Crippen molar-refractivity contribution in [3.63, 3.8) is 0 Å². The average molecular weight is 278 g/mol. The third-order valence-corrected chi connectivity index (χ3v) is 2.43. The molecular formula is C12H11FN4O3. The maximum atomic E-state index is 13.0. The molecule has 0 unspecified atom stereocenters. The van der Waals surface area contributed by atoms with Crippen molar-refractivity contribution in [1.82, 2.24) is 15.3 Å². The Bertz CT molecular complexity index is 628. The molecule has 0 bridgehead atoms. The molecule has 7 nitrogen and oxygen atoms in total. The lowest BCUT2D eigenvalue weighted by Crippen LogP contribution is -2.29. The number of imidazole rings is 1. The Morgan fingerprint density at radius 3 is 2.85 bits per heavy atom. The van der Waals surface area contributed by atoms with Crippen LogP contribution in [0.5, 0.6) is 0 Å². The second-order valence-electron chi connectivity index (χ2n) is 3.84. The van der Waals surface area contributed by atoms with Crippen LogP contribution in [0.15, 0.2) is 30.6 Å². The van der Waals surface area contributed by atoms with Crippen molar-refractivity contribution in [2.24, 2.45) is 0 Å². The zero-order valence-corrected chi connectivity index (χ0v) is 10.2. The highest BCUT2D eigenvalue weighted by atomic mass is 19.1. The predicted octanol–water partition coefficient (Wildman–Crippen LogP) is 1.57. The van der Waals surface area contributed by atoms with Crippen LogP contribution in [0, 0.1) is 5.82 Å². The summed E-state index contributed by atoms with van der Waals surface area (Å²) in [4.78, 5) is 29.3. The van der Waals surface area contributed by atoms with Gasteiger partial charge in [-0.1, -0.05) is 0 Å². The second kappa shape index (κ2) is 5.83. The molecule has 20 heavy (non-hydrogen) atoms. The van der Waals surface area contributed by atoms with Crippen molar-refractivity contribution >= 4 is 17.7 Å². The number of nitrogens with zero attached hydrogens (tertiary/aromatic N) is 1. The highest BCUT2D eigenvalue weighted by Gasteiger charge is 2.13. The number of nitrogens with one attached hydrogen (secondary N) is 3. The minimum atomic E-state index is -1.33. The van der Waals surface area contributed by atoms with E-state index >= 15 is 0 Å². The smallest absolute Gasteiger partial charge is 0.337 e. The maximum absolute atomic E-state index is 13.0. The molecule has 0 radical (unpaired) electrons. The molecule has 8 heteroatoms. The standard InChI is InChI=1S/C12H11FN4O3/c13-7-1-2-9(8(5-7)11(18)19)17-12(20)16-6-10-14-3-4-15-10/h1-5H,6H2,(H,14,15)(H,18,19)(H2,16,17,20). The van der Waals surface area contributed by atoms with Crippen LogP contribution in [0.1, 0.15) is 16.2 Å². The molecule has 1 heterocycles. The van der Waals surface area contributed by atoms with Crippen molar-refractivity contribution in [2.75, 3.05) is 5.32 Å². The number of urea groups is 1. The minimum Gasteiger partial charge on any atom is -0.478 e. The fourth-order valence-corrected chi connectivity index (χ4v) is 1.53. The lowest BCUT2D eigenvalue weighted by atomic mass is 10.2. The molecule has 0 aliphatic carbocycles. The number of halogens is 1. The molecule has 4 N–H and O–H groups in total. The molecule has 1 aromatic carbocycles. The molecular weight excluding hydrogens is 267 g/mol. The number of anilines is 1. The lowest BCUT2D eigenvalue weighted by molar-refractivity contribution is 0.0697. The Kier molecular flexibility index (Phi) is 3.94. The maximum Gasteiger partial charge on any atom is 0.337 e. The van der Waals surface area contributed by atoms with E-state index in [9.17, 15) is 14.0 Å². The van der Waals surface area contributed by atoms with Gasteiger partial charge in [-0.2, -0.15) is 0 Å². The molecule has 0 aliphatic rings. The summed E-state index contributed by atoms with van der Waals surface area (Å²) in [7, 11) is 0. The normalized spacial score (nSPS) is 10.1. The first kappa shape index (κ1) is 13.5. The minimum absolute atomic E-state index is 0.0100. The lowest BCUT2D eigenvalue weighted by Gasteiger charge is -2.09. The van der Waals surface area contributed by atoms with E-state index in [1.54, 1.807) is 6.20 Å². The van der Waals surface area contributed by atoms with E-state index in [0.717, 1.165) is 12.1 Å². The summed E-state index contributed by atoms with van der Waals surface area (Å²) in [6.07, 6.45) is 3.15. The zero-order chi connectivity index (χ0) is 14.5. The van der Waals surface area contributed by atoms with Gasteiger partial charge in [-0.25, -0.2) is 19.0 Å². The molecule has 2 rings (SSSR count). The van der Waals surface area contributed by atoms with Gasteiger partial charge in [-0.05, 0) is 18.2 Å². The fourth-order valence-electron chi connectivity index (χ4n) is 1.53. The molecule has 2 amide bonds. The first-order valence-corrected chi connectivity index (χ1v) is 5.62. The number of benzene rings is 1. The summed E-state index contributed by atoms with van der Waals surface area (Å²) in [5.74, 6) is -1.47. The van der Waals surface area contributed by atoms with Gasteiger partial charge in [0.15, 0.2) is 0 Å². The van der Waals surface area contributed by atoms with Gasteiger partial charge < -0.3 is 20.7 Å². The molecule has 0 saturated heterocycles. The van der Waals surface area contributed by atoms with E-state index in [1.165, 1.54) is 12.3 Å². The van der Waals surface area contributed by atoms with Crippen LogP contribution in [-0.4, -0.2) is 27.1 Å². The van der Waals surface area contributed by atoms with Gasteiger partial charge in [0.05, 0.1) is 17.8 Å². The van der Waals surface area contributed by atoms with Gasteiger partial charge in [-0.15, -0.1) is 0 Å². The SMILES string of the molecule is O=C(NCc1ncc[nH]1)Nc1ccc(F)cc1C(=O)O. The van der Waals surface area contributed by atoms with Crippen LogP contribution in [0.25, 0.3) is 0 Å². The number of rotatable bonds is 4. The van der Waals surface area contributed by atoms with Gasteiger partial charge in [0.25, 0.3) is 0 Å². The molecule has 0 aliphatic heterocycles. The Morgan fingerprint density at radius 1 is 1.40 bits per heavy atom. The zero-order valence-electron chi connectivity index (χ0n) is 10.2. The Labute approximate surface area is 112 Å². The first-order chi connectivity index (χ1) is 9.56. The molecule has 1 aromatic heterocycles. The van der Waals surface area contributed by atoms with Crippen LogP contribution < -0.4 is 10.6 Å². The fraction of sp³-hybridized carbons (Fsp3) is 0.0833. The molecule has 0 spiro atoms. The number of hydrogen-bond acceptors (Lipinski definition) is 3. The van der Waals surface area contributed by atoms with E-state index in [2.05, 4.69) is 20.6 Å². The molecule has 2 aromatic rings. The predicted molar refractivity (Wildman–Crippen MR) is 67.8 cm³/mol. The number of carbonyl (C=O) groups excluding carboxylic acids is 1. The number of carboxylic acids is 1. The Hall–Kier alpha value is -2.90. The summed E-state index contributed by atoms with van der Waals surface area (Å²) >= 11 is 0. The van der Waals surface area contributed by atoms with E-state index in [0.29, 0.717) is 5.82 Å². The van der Waals surface area contributed by atoms with E-state index < -0.39 is 17.8 Å². The van der Waals surface area contributed by atoms with Crippen molar-refractivity contribution in [2.45, 2.75) is 6.54 Å². The molecule has 0 saturated carbocycles. The van der Waals surface area contributed by atoms with Gasteiger partial charge in [0.2, 0.25) is 0 Å². The van der Waals surface area contributed by atoms with Crippen molar-refractivity contribution < 1.29 is 19.1 Å². The first-order valence-electron chi connectivity index (χ1n) is 5.62. The van der Waals surface area contributed by atoms with Crippen LogP contribution in [-0.2, 0) is 6.54 Å². The van der Waals surface area contributed by atoms with E-state index in [1.807, 2.05) is 0 Å². The monoisotopic (exact) mass is 278 g/mol. The van der Waals surface area contributed by atoms with Crippen molar-refractivity contribution in [3.8, 4) is 0 Å². The highest BCUT2D eigenvalue weighted by molar-refractivity contribution is 5.99. The summed E-state index contributed by atoms with van der Waals surface area (Å²) in [5, 5.41) is 13.8. The number of aromatic carboxylic acids is 1. The van der Waals surface area contributed by atoms with Crippen molar-refractivity contribution in [3.05, 3.63) is 47.8 Å². The van der Waals surface area contributed by atoms with Crippen LogP contribution in [0.2, 0.25) is 0 Å². The van der Waals surface area contributed by atoms with Crippen LogP contribution in [0.4, 0.5) is 14.9 Å². The molecule has 104 valence electrons. The third kappa shape index (κ3) is 3.31. The largest absolute Gasteiger partial charge is 0.478 e. The number of carbonyl (C=O) groups is 2. The summed E-state index contributed by atoms with van der Waals surface area (Å²) in [6.45, 7) is 0.155. The third-order valence-electron chi connectivity index (χ3n) is 2.43. The van der Waals surface area contributed by atoms with Gasteiger partial charge in [0.1, 0.15) is 11.6 Å². The van der Waals surface area contributed by atoms with E-state index in [-0.39, 0.29) is 17.8 Å². The van der Waals surface area contributed by atoms with Crippen LogP contribution >= 0.6 is 0 Å². The quantitative estimate of drug-likeness (QED) is 0.680. The average Bonchev–Trinajstić information content (AvgIpc) is 2.91. The van der Waals surface area contributed by atoms with Crippen molar-refractivity contribution in [1.29, 1.82) is 0 Å². The molecule has 0 fully saturated rings. The number of aromatic nitrogens is 2. The number of H-pyrrole nitrogens is 1. The summed E-state index contributed by atoms with van der Waals surface area (Å²) in [5.41, 5.74) is -0.311. The molecule has 0 atom stereocenters. The summed E-state index contributed by atoms with van der Waals surface area (Å²) < 4.78 is 13.0. The van der Waals surface area contributed by atoms with Gasteiger partial charge >= 0.3 is 12.0 Å². The number of aromatic amines is 1. The van der Waals surface area contributed by atoms with Crippen LogP contribution in [0.3, 0.4) is 0 Å². The van der Waals surface area contributed by atoms with Gasteiger partial charge in [-0.3, -0.25) is 0 Å². The second-order valence-corrected chi connectivity index (χ2v) is 3.84. The Morgan fingerprint density at radius 2 is 2.20 bits per heavy atom. The summed E-state index contributed by atoms with van der Waals surface area (Å²) in [6, 6.07) is 2.47. The topological polar surface area (TPSA) is 107 Å². The Balaban J connectivity index is 2.02. The van der Waals surface area contributed by atoms with E-state index in [4.69, 9.17) is 5.11 Å². The number of carboxylic acid groups (broad SMARTS) is 1. The highest BCUT2D eigenvalue weighted by Crippen LogP contribution is 2.16. The number of amides is 2.